The molecule has 0 aliphatic carbocycles. The minimum Gasteiger partial charge on any atom is -0.0888 e. The topological polar surface area (TPSA) is 0 Å². The van der Waals surface area contributed by atoms with E-state index >= 15 is 0 Å². The molecule has 0 radical (unpaired) electrons. The highest BCUT2D eigenvalue weighted by Crippen LogP contribution is 1.98. The van der Waals surface area contributed by atoms with E-state index in [4.69, 9.17) is 0 Å². The second kappa shape index (κ2) is 16.9. The molecule has 16 heavy (non-hydrogen) atoms. The maximum atomic E-state index is 2.30. The fourth-order valence-electron chi connectivity index (χ4n) is 1.20. The van der Waals surface area contributed by atoms with Gasteiger partial charge in [-0.3, -0.25) is 0 Å². The van der Waals surface area contributed by atoms with Gasteiger partial charge in [0.2, 0.25) is 0 Å². The van der Waals surface area contributed by atoms with Gasteiger partial charge in [0, 0.05) is 0 Å². The van der Waals surface area contributed by atoms with Gasteiger partial charge < -0.3 is 0 Å². The smallest absolute Gasteiger partial charge is 0.0348 e. The monoisotopic (exact) mass is 224 g/mol. The average Bonchev–Trinajstić information content (AvgIpc) is 2.25. The van der Waals surface area contributed by atoms with Crippen LogP contribution in [0.1, 0.15) is 79.6 Å². The summed E-state index contributed by atoms with van der Waals surface area (Å²) in [7, 11) is 0. The molecule has 0 N–H and O–H groups in total. The molecule has 0 amide bonds. The van der Waals surface area contributed by atoms with Crippen molar-refractivity contribution in [1.29, 1.82) is 0 Å². The Morgan fingerprint density at radius 3 is 1.81 bits per heavy atom. The van der Waals surface area contributed by atoms with Gasteiger partial charge in [-0.1, -0.05) is 70.3 Å². The first kappa shape index (κ1) is 17.9. The second-order valence-electron chi connectivity index (χ2n) is 4.45. The molecule has 0 aliphatic heterocycles. The molecule has 0 unspecified atom stereocenters. The third-order valence-corrected chi connectivity index (χ3v) is 2.24. The Balaban J connectivity index is 0. The highest BCUT2D eigenvalue weighted by Gasteiger charge is 1.78. The molecule has 0 aromatic heterocycles. The maximum absolute atomic E-state index is 2.30. The van der Waals surface area contributed by atoms with Crippen molar-refractivity contribution < 1.29 is 0 Å². The second-order valence-corrected chi connectivity index (χ2v) is 4.45. The van der Waals surface area contributed by atoms with Crippen LogP contribution in [0.3, 0.4) is 0 Å². The Hall–Kier alpha value is -0.520. The fraction of sp³-hybridized carbons (Fsp3) is 0.750. The van der Waals surface area contributed by atoms with Gasteiger partial charge in [0.05, 0.1) is 0 Å². The summed E-state index contributed by atoms with van der Waals surface area (Å²) in [6.45, 7) is 10.9. The molecule has 0 saturated carbocycles. The number of hydrogen-bond donors (Lipinski definition) is 0. The van der Waals surface area contributed by atoms with E-state index in [-0.39, 0.29) is 0 Å². The van der Waals surface area contributed by atoms with Gasteiger partial charge in [0.1, 0.15) is 0 Å². The van der Waals surface area contributed by atoms with Crippen LogP contribution in [0.15, 0.2) is 23.8 Å². The third kappa shape index (κ3) is 23.4. The third-order valence-electron chi connectivity index (χ3n) is 2.24. The van der Waals surface area contributed by atoms with Crippen molar-refractivity contribution in [2.75, 3.05) is 0 Å². The van der Waals surface area contributed by atoms with Gasteiger partial charge in [0.15, 0.2) is 0 Å². The van der Waals surface area contributed by atoms with Crippen LogP contribution in [0.5, 0.6) is 0 Å². The zero-order valence-corrected chi connectivity index (χ0v) is 12.2. The quantitative estimate of drug-likeness (QED) is 0.352. The van der Waals surface area contributed by atoms with E-state index in [1.165, 1.54) is 50.5 Å². The van der Waals surface area contributed by atoms with E-state index in [0.29, 0.717) is 0 Å². The minimum absolute atomic E-state index is 1.18. The standard InChI is InChI=1S/2C8H16/c1-4-5-6-7-8(2)3;1-3-5-7-8-6-4-2/h7H,4-6H2,1-3H3;5,7H,3-4,6,8H2,1-2H3. The van der Waals surface area contributed by atoms with Crippen LogP contribution in [-0.4, -0.2) is 0 Å². The van der Waals surface area contributed by atoms with Gasteiger partial charge in [-0.05, 0) is 33.1 Å². The largest absolute Gasteiger partial charge is 0.0888 e. The fourth-order valence-corrected chi connectivity index (χ4v) is 1.20. The number of unbranched alkanes of at least 4 members (excludes halogenated alkanes) is 4. The number of hydrogen-bond acceptors (Lipinski definition) is 0. The molecule has 0 aromatic carbocycles. The molecule has 0 aromatic rings. The van der Waals surface area contributed by atoms with Gasteiger partial charge >= 0.3 is 0 Å². The van der Waals surface area contributed by atoms with Gasteiger partial charge in [-0.25, -0.2) is 0 Å². The molecule has 0 nitrogen and oxygen atoms in total. The lowest BCUT2D eigenvalue weighted by molar-refractivity contribution is 0.811. The predicted molar refractivity (Wildman–Crippen MR) is 77.9 cm³/mol. The minimum atomic E-state index is 1.18. The summed E-state index contributed by atoms with van der Waals surface area (Å²) in [6, 6.07) is 0. The summed E-state index contributed by atoms with van der Waals surface area (Å²) in [6.07, 6.45) is 15.8. The Morgan fingerprint density at radius 2 is 1.38 bits per heavy atom. The molecule has 0 heterocycles. The van der Waals surface area contributed by atoms with E-state index in [2.05, 4.69) is 52.8 Å². The van der Waals surface area contributed by atoms with E-state index in [1.54, 1.807) is 0 Å². The molecule has 0 heteroatoms. The Bertz CT molecular complexity index is 159. The zero-order valence-electron chi connectivity index (χ0n) is 12.2. The summed E-state index contributed by atoms with van der Waals surface area (Å²) >= 11 is 0. The highest BCUT2D eigenvalue weighted by atomic mass is 13.8. The molecule has 0 spiro atoms. The summed E-state index contributed by atoms with van der Waals surface area (Å²) in [4.78, 5) is 0. The first-order valence-corrected chi connectivity index (χ1v) is 6.97. The van der Waals surface area contributed by atoms with Crippen LogP contribution >= 0.6 is 0 Å². The number of rotatable bonds is 7. The lowest BCUT2D eigenvalue weighted by atomic mass is 10.2. The molecule has 0 fully saturated rings. The SMILES string of the molecule is CCC=CCCCC.CCCCC=C(C)C. The maximum Gasteiger partial charge on any atom is -0.0348 e. The van der Waals surface area contributed by atoms with Gasteiger partial charge in [-0.2, -0.15) is 0 Å². The Labute approximate surface area is 104 Å². The summed E-state index contributed by atoms with van der Waals surface area (Å²) in [5.74, 6) is 0. The first-order valence-electron chi connectivity index (χ1n) is 6.97. The molecule has 96 valence electrons. The lowest BCUT2D eigenvalue weighted by Gasteiger charge is -1.89. The van der Waals surface area contributed by atoms with E-state index < -0.39 is 0 Å². The first-order chi connectivity index (χ1) is 7.68. The van der Waals surface area contributed by atoms with Crippen LogP contribution in [0.2, 0.25) is 0 Å². The molecule has 0 saturated heterocycles. The van der Waals surface area contributed by atoms with Crippen LogP contribution in [0, 0.1) is 0 Å². The van der Waals surface area contributed by atoms with Crippen LogP contribution < -0.4 is 0 Å². The van der Waals surface area contributed by atoms with Crippen molar-refractivity contribution in [2.24, 2.45) is 0 Å². The van der Waals surface area contributed by atoms with Crippen molar-refractivity contribution in [3.05, 3.63) is 23.8 Å². The summed E-state index contributed by atoms with van der Waals surface area (Å²) < 4.78 is 0. The molecule has 0 bridgehead atoms. The van der Waals surface area contributed by atoms with Crippen molar-refractivity contribution in [3.8, 4) is 0 Å². The molecule has 0 atom stereocenters. The van der Waals surface area contributed by atoms with Crippen molar-refractivity contribution in [1.82, 2.24) is 0 Å². The Morgan fingerprint density at radius 1 is 0.812 bits per heavy atom. The average molecular weight is 224 g/mol. The normalized spacial score (nSPS) is 9.81. The van der Waals surface area contributed by atoms with Crippen molar-refractivity contribution in [2.45, 2.75) is 79.6 Å². The zero-order chi connectivity index (χ0) is 12.6. The molecule has 0 rings (SSSR count). The van der Waals surface area contributed by atoms with Crippen LogP contribution in [0.4, 0.5) is 0 Å². The van der Waals surface area contributed by atoms with Crippen LogP contribution in [-0.2, 0) is 0 Å². The van der Waals surface area contributed by atoms with E-state index in [0.717, 1.165) is 0 Å². The van der Waals surface area contributed by atoms with Crippen LogP contribution in [0.25, 0.3) is 0 Å². The summed E-state index contributed by atoms with van der Waals surface area (Å²) in [5, 5.41) is 0. The number of allylic oxidation sites excluding steroid dienone is 4. The summed E-state index contributed by atoms with van der Waals surface area (Å²) in [5.41, 5.74) is 1.44. The van der Waals surface area contributed by atoms with Crippen molar-refractivity contribution in [3.63, 3.8) is 0 Å². The van der Waals surface area contributed by atoms with E-state index in [9.17, 15) is 0 Å². The molecular weight excluding hydrogens is 192 g/mol. The highest BCUT2D eigenvalue weighted by molar-refractivity contribution is 4.92. The lowest BCUT2D eigenvalue weighted by Crippen LogP contribution is -1.68. The molecule has 0 aliphatic rings. The van der Waals surface area contributed by atoms with E-state index in [1.807, 2.05) is 0 Å². The molecular formula is C16H32. The van der Waals surface area contributed by atoms with Gasteiger partial charge in [0.25, 0.3) is 0 Å². The van der Waals surface area contributed by atoms with Gasteiger partial charge in [-0.15, -0.1) is 0 Å². The Kier molecular flexibility index (Phi) is 18.9. The predicted octanol–water partition coefficient (Wildman–Crippen LogP) is 6.29. The van der Waals surface area contributed by atoms with Crippen molar-refractivity contribution >= 4 is 0 Å².